The van der Waals surface area contributed by atoms with Crippen LogP contribution in [0.1, 0.15) is 18.4 Å². The van der Waals surface area contributed by atoms with Crippen molar-refractivity contribution in [2.45, 2.75) is 18.9 Å². The van der Waals surface area contributed by atoms with E-state index in [1.165, 1.54) is 6.20 Å². The number of nitrogens with zero attached hydrogens (tertiary/aromatic N) is 3. The van der Waals surface area contributed by atoms with Gasteiger partial charge in [-0.1, -0.05) is 0 Å². The Morgan fingerprint density at radius 2 is 2.42 bits per heavy atom. The van der Waals surface area contributed by atoms with Gasteiger partial charge in [0.05, 0.1) is 24.7 Å². The van der Waals surface area contributed by atoms with Crippen LogP contribution in [-0.2, 0) is 4.79 Å². The first kappa shape index (κ1) is 13.6. The maximum Gasteiger partial charge on any atom is 0.222 e. The maximum absolute atomic E-state index is 11.6. The molecule has 1 aromatic rings. The highest BCUT2D eigenvalue weighted by molar-refractivity contribution is 6.17. The normalized spacial score (nSPS) is 14.6. The van der Waals surface area contributed by atoms with E-state index < -0.39 is 0 Å². The summed E-state index contributed by atoms with van der Waals surface area (Å²) in [7, 11) is 0. The van der Waals surface area contributed by atoms with E-state index in [9.17, 15) is 4.79 Å². The molecule has 0 bridgehead atoms. The number of hydrogen-bond acceptors (Lipinski definition) is 4. The molecule has 0 spiro atoms. The third-order valence-corrected chi connectivity index (χ3v) is 3.14. The molecule has 2 heterocycles. The summed E-state index contributed by atoms with van der Waals surface area (Å²) in [6.45, 7) is 1.14. The van der Waals surface area contributed by atoms with Gasteiger partial charge in [0.25, 0.3) is 0 Å². The first-order valence-electron chi connectivity index (χ1n) is 6.09. The van der Waals surface area contributed by atoms with Gasteiger partial charge in [0.15, 0.2) is 0 Å². The fraction of sp³-hybridized carbons (Fsp3) is 0.462. The van der Waals surface area contributed by atoms with Crippen LogP contribution in [0.25, 0.3) is 0 Å². The molecule has 0 aromatic carbocycles. The van der Waals surface area contributed by atoms with E-state index in [4.69, 9.17) is 21.6 Å². The van der Waals surface area contributed by atoms with E-state index in [0.717, 1.165) is 0 Å². The highest BCUT2D eigenvalue weighted by Gasteiger charge is 2.31. The quantitative estimate of drug-likeness (QED) is 0.767. The van der Waals surface area contributed by atoms with Crippen molar-refractivity contribution >= 4 is 17.5 Å². The number of alkyl halides is 1. The van der Waals surface area contributed by atoms with Crippen molar-refractivity contribution in [3.05, 3.63) is 23.9 Å². The molecule has 6 heteroatoms. The minimum atomic E-state index is -0.0404. The van der Waals surface area contributed by atoms with Gasteiger partial charge >= 0.3 is 0 Å². The smallest absolute Gasteiger partial charge is 0.222 e. The molecule has 2 rings (SSSR count). The zero-order chi connectivity index (χ0) is 13.7. The fourth-order valence-electron chi connectivity index (χ4n) is 1.81. The molecule has 0 radical (unpaired) electrons. The van der Waals surface area contributed by atoms with Gasteiger partial charge in [-0.05, 0) is 12.5 Å². The lowest BCUT2D eigenvalue weighted by atomic mass is 10.1. The van der Waals surface area contributed by atoms with Crippen molar-refractivity contribution in [2.24, 2.45) is 0 Å². The average molecular weight is 280 g/mol. The number of amides is 1. The molecular formula is C13H14ClN3O2. The molecule has 1 fully saturated rings. The van der Waals surface area contributed by atoms with Crippen LogP contribution < -0.4 is 4.74 Å². The SMILES string of the molecule is N#Cc1ccnc(OC2CN(C(=O)CCCCl)C2)c1. The average Bonchev–Trinajstić information content (AvgIpc) is 2.40. The molecular weight excluding hydrogens is 266 g/mol. The number of nitriles is 1. The minimum absolute atomic E-state index is 0.0404. The number of ether oxygens (including phenoxy) is 1. The van der Waals surface area contributed by atoms with Gasteiger partial charge in [0.1, 0.15) is 6.10 Å². The minimum Gasteiger partial charge on any atom is -0.471 e. The number of carbonyl (C=O) groups excluding carboxylic acids is 1. The Bertz CT molecular complexity index is 495. The Balaban J connectivity index is 1.78. The highest BCUT2D eigenvalue weighted by atomic mass is 35.5. The second kappa shape index (κ2) is 6.39. The van der Waals surface area contributed by atoms with Gasteiger partial charge in [-0.2, -0.15) is 5.26 Å². The number of carbonyl (C=O) groups is 1. The number of rotatable bonds is 5. The summed E-state index contributed by atoms with van der Waals surface area (Å²) in [6.07, 6.45) is 2.68. The van der Waals surface area contributed by atoms with Crippen LogP contribution in [0, 0.1) is 11.3 Å². The molecule has 5 nitrogen and oxygen atoms in total. The lowest BCUT2D eigenvalue weighted by molar-refractivity contribution is -0.140. The molecule has 1 saturated heterocycles. The Hall–Kier alpha value is -1.80. The Morgan fingerprint density at radius 1 is 1.63 bits per heavy atom. The summed E-state index contributed by atoms with van der Waals surface area (Å²) in [5.74, 6) is 1.04. The lowest BCUT2D eigenvalue weighted by Crippen LogP contribution is -2.56. The number of hydrogen-bond donors (Lipinski definition) is 0. The van der Waals surface area contributed by atoms with E-state index >= 15 is 0 Å². The van der Waals surface area contributed by atoms with Crippen LogP contribution in [-0.4, -0.2) is 40.9 Å². The van der Waals surface area contributed by atoms with E-state index in [2.05, 4.69) is 4.98 Å². The monoisotopic (exact) mass is 279 g/mol. The molecule has 0 aliphatic carbocycles. The van der Waals surface area contributed by atoms with Crippen molar-refractivity contribution in [1.29, 1.82) is 5.26 Å². The molecule has 19 heavy (non-hydrogen) atoms. The highest BCUT2D eigenvalue weighted by Crippen LogP contribution is 2.18. The predicted molar refractivity (Wildman–Crippen MR) is 69.9 cm³/mol. The summed E-state index contributed by atoms with van der Waals surface area (Å²) in [6, 6.07) is 5.25. The van der Waals surface area contributed by atoms with Crippen molar-refractivity contribution < 1.29 is 9.53 Å². The van der Waals surface area contributed by atoms with Crippen LogP contribution in [0.2, 0.25) is 0 Å². The maximum atomic E-state index is 11.6. The molecule has 1 aliphatic rings. The van der Waals surface area contributed by atoms with Gasteiger partial charge in [-0.25, -0.2) is 4.98 Å². The van der Waals surface area contributed by atoms with Crippen molar-refractivity contribution in [2.75, 3.05) is 19.0 Å². The van der Waals surface area contributed by atoms with Gasteiger partial charge in [0, 0.05) is 24.6 Å². The summed E-state index contributed by atoms with van der Waals surface area (Å²) in [5.41, 5.74) is 0.513. The zero-order valence-electron chi connectivity index (χ0n) is 10.4. The molecule has 1 aliphatic heterocycles. The predicted octanol–water partition coefficient (Wildman–Crippen LogP) is 1.56. The topological polar surface area (TPSA) is 66.2 Å². The first-order chi connectivity index (χ1) is 9.22. The van der Waals surface area contributed by atoms with E-state index in [1.807, 2.05) is 6.07 Å². The zero-order valence-corrected chi connectivity index (χ0v) is 11.1. The summed E-state index contributed by atoms with van der Waals surface area (Å²) >= 11 is 5.55. The molecule has 100 valence electrons. The van der Waals surface area contributed by atoms with E-state index in [1.54, 1.807) is 17.0 Å². The Morgan fingerprint density at radius 3 is 3.11 bits per heavy atom. The number of pyridine rings is 1. The molecule has 0 N–H and O–H groups in total. The molecule has 0 unspecified atom stereocenters. The number of aromatic nitrogens is 1. The summed E-state index contributed by atoms with van der Waals surface area (Å²) < 4.78 is 5.60. The van der Waals surface area contributed by atoms with Gasteiger partial charge in [-0.15, -0.1) is 11.6 Å². The van der Waals surface area contributed by atoms with E-state index in [-0.39, 0.29) is 12.0 Å². The van der Waals surface area contributed by atoms with Crippen molar-refractivity contribution in [3.8, 4) is 11.9 Å². The Kier molecular flexibility index (Phi) is 4.58. The second-order valence-corrected chi connectivity index (χ2v) is 4.70. The van der Waals surface area contributed by atoms with Crippen molar-refractivity contribution in [3.63, 3.8) is 0 Å². The van der Waals surface area contributed by atoms with Crippen LogP contribution >= 0.6 is 11.6 Å². The molecule has 0 saturated carbocycles. The third-order valence-electron chi connectivity index (χ3n) is 2.88. The Labute approximate surface area is 116 Å². The third kappa shape index (κ3) is 3.58. The van der Waals surface area contributed by atoms with E-state index in [0.29, 0.717) is 43.3 Å². The summed E-state index contributed by atoms with van der Waals surface area (Å²) in [5, 5.41) is 8.77. The fourth-order valence-corrected chi connectivity index (χ4v) is 1.94. The first-order valence-corrected chi connectivity index (χ1v) is 6.63. The molecule has 1 amide bonds. The van der Waals surface area contributed by atoms with Gasteiger partial charge < -0.3 is 9.64 Å². The largest absolute Gasteiger partial charge is 0.471 e. The number of halogens is 1. The van der Waals surface area contributed by atoms with Gasteiger partial charge in [0.2, 0.25) is 11.8 Å². The second-order valence-electron chi connectivity index (χ2n) is 4.33. The molecule has 0 atom stereocenters. The van der Waals surface area contributed by atoms with Crippen LogP contribution in [0.15, 0.2) is 18.3 Å². The molecule has 1 aromatic heterocycles. The van der Waals surface area contributed by atoms with Crippen molar-refractivity contribution in [1.82, 2.24) is 9.88 Å². The summed E-state index contributed by atoms with van der Waals surface area (Å²) in [4.78, 5) is 17.4. The number of likely N-dealkylation sites (tertiary alicyclic amines) is 1. The van der Waals surface area contributed by atoms with Crippen LogP contribution in [0.3, 0.4) is 0 Å². The van der Waals surface area contributed by atoms with Crippen LogP contribution in [0.5, 0.6) is 5.88 Å². The standard InChI is InChI=1S/C13H14ClN3O2/c14-4-1-2-13(18)17-8-11(9-17)19-12-6-10(7-15)3-5-16-12/h3,5-6,11H,1-2,4,8-9H2. The van der Waals surface area contributed by atoms with Crippen LogP contribution in [0.4, 0.5) is 0 Å². The van der Waals surface area contributed by atoms with Gasteiger partial charge in [-0.3, -0.25) is 4.79 Å². The lowest BCUT2D eigenvalue weighted by Gasteiger charge is -2.38.